The molecule has 0 aliphatic heterocycles. The lowest BCUT2D eigenvalue weighted by Gasteiger charge is -2.24. The molecule has 0 amide bonds. The maximum absolute atomic E-state index is 8.72. The molecule has 0 saturated carbocycles. The zero-order chi connectivity index (χ0) is 10.2. The van der Waals surface area contributed by atoms with Gasteiger partial charge in [0.15, 0.2) is 9.76 Å². The van der Waals surface area contributed by atoms with E-state index < -0.39 is 18.6 Å². The van der Waals surface area contributed by atoms with Gasteiger partial charge in [0.1, 0.15) is 0 Å². The Hall–Kier alpha value is 0.274. The standard InChI is InChI=1S/C7H20O4Si2/c1-9-13(10-2,11-3)7-5-4-6-12-8/h8H,4-7,12H2,1-3H3. The second-order valence-corrected chi connectivity index (χ2v) is 7.07. The highest BCUT2D eigenvalue weighted by Gasteiger charge is 2.36. The largest absolute Gasteiger partial charge is 0.500 e. The van der Waals surface area contributed by atoms with Crippen LogP contribution in [0.15, 0.2) is 0 Å². The summed E-state index contributed by atoms with van der Waals surface area (Å²) in [4.78, 5) is 8.72. The van der Waals surface area contributed by atoms with Crippen LogP contribution in [0, 0.1) is 0 Å². The number of hydrogen-bond donors (Lipinski definition) is 1. The van der Waals surface area contributed by atoms with Gasteiger partial charge in [-0.15, -0.1) is 0 Å². The summed E-state index contributed by atoms with van der Waals surface area (Å²) in [5.41, 5.74) is 0. The molecule has 13 heavy (non-hydrogen) atoms. The lowest BCUT2D eigenvalue weighted by molar-refractivity contribution is 0.123. The molecular formula is C7H20O4Si2. The van der Waals surface area contributed by atoms with Crippen LogP contribution in [0.5, 0.6) is 0 Å². The summed E-state index contributed by atoms with van der Waals surface area (Å²) in [5, 5.41) is 0. The molecule has 0 bridgehead atoms. The molecule has 0 rings (SSSR count). The summed E-state index contributed by atoms with van der Waals surface area (Å²) in [5.74, 6) is 0. The van der Waals surface area contributed by atoms with Crippen LogP contribution < -0.4 is 0 Å². The van der Waals surface area contributed by atoms with Crippen LogP contribution in [-0.4, -0.2) is 44.7 Å². The van der Waals surface area contributed by atoms with Gasteiger partial charge in [-0.2, -0.15) is 0 Å². The molecule has 0 spiro atoms. The van der Waals surface area contributed by atoms with Gasteiger partial charge in [-0.05, 0) is 12.5 Å². The summed E-state index contributed by atoms with van der Waals surface area (Å²) in [6.45, 7) is 0. The zero-order valence-corrected chi connectivity index (χ0v) is 11.1. The number of rotatable bonds is 8. The molecular weight excluding hydrogens is 204 g/mol. The van der Waals surface area contributed by atoms with E-state index >= 15 is 0 Å². The van der Waals surface area contributed by atoms with Gasteiger partial charge >= 0.3 is 8.80 Å². The first-order chi connectivity index (χ1) is 6.24. The molecule has 80 valence electrons. The van der Waals surface area contributed by atoms with Gasteiger partial charge in [-0.3, -0.25) is 0 Å². The van der Waals surface area contributed by atoms with Gasteiger partial charge < -0.3 is 18.1 Å². The number of unbranched alkanes of at least 4 members (excludes halogenated alkanes) is 1. The Labute approximate surface area is 83.5 Å². The summed E-state index contributed by atoms with van der Waals surface area (Å²) in [6.07, 6.45) is 2.06. The molecule has 0 aromatic carbocycles. The van der Waals surface area contributed by atoms with Crippen molar-refractivity contribution in [1.82, 2.24) is 0 Å². The Morgan fingerprint density at radius 3 is 2.00 bits per heavy atom. The van der Waals surface area contributed by atoms with Crippen molar-refractivity contribution in [2.45, 2.75) is 24.9 Å². The summed E-state index contributed by atoms with van der Waals surface area (Å²) in [7, 11) is 1.77. The van der Waals surface area contributed by atoms with Gasteiger partial charge in [-0.1, -0.05) is 6.42 Å². The van der Waals surface area contributed by atoms with Crippen molar-refractivity contribution in [3.05, 3.63) is 0 Å². The molecule has 4 nitrogen and oxygen atoms in total. The van der Waals surface area contributed by atoms with E-state index in [1.807, 2.05) is 0 Å². The van der Waals surface area contributed by atoms with E-state index in [2.05, 4.69) is 0 Å². The minimum Gasteiger partial charge on any atom is -0.438 e. The topological polar surface area (TPSA) is 47.9 Å². The highest BCUT2D eigenvalue weighted by atomic mass is 28.4. The zero-order valence-electron chi connectivity index (χ0n) is 8.71. The molecule has 0 aromatic heterocycles. The van der Waals surface area contributed by atoms with Gasteiger partial charge in [0.25, 0.3) is 0 Å². The monoisotopic (exact) mass is 224 g/mol. The van der Waals surface area contributed by atoms with E-state index in [0.717, 1.165) is 24.9 Å². The Morgan fingerprint density at radius 1 is 1.08 bits per heavy atom. The molecule has 0 aromatic rings. The fourth-order valence-electron chi connectivity index (χ4n) is 1.19. The van der Waals surface area contributed by atoms with Crippen LogP contribution >= 0.6 is 0 Å². The minimum atomic E-state index is -2.33. The van der Waals surface area contributed by atoms with Crippen molar-refractivity contribution in [3.63, 3.8) is 0 Å². The van der Waals surface area contributed by atoms with Crippen LogP contribution in [0.25, 0.3) is 0 Å². The second-order valence-electron chi connectivity index (χ2n) is 2.83. The SMILES string of the molecule is CO[Si](CCCC[SiH2]O)(OC)OC. The van der Waals surface area contributed by atoms with Crippen LogP contribution in [0.3, 0.4) is 0 Å². The predicted octanol–water partition coefficient (Wildman–Crippen LogP) is 0.139. The predicted molar refractivity (Wildman–Crippen MR) is 56.4 cm³/mol. The highest BCUT2D eigenvalue weighted by Crippen LogP contribution is 2.16. The first-order valence-corrected chi connectivity index (χ1v) is 8.07. The van der Waals surface area contributed by atoms with Crippen LogP contribution in [0.4, 0.5) is 0 Å². The molecule has 1 N–H and O–H groups in total. The third-order valence-corrected chi connectivity index (χ3v) is 5.72. The first kappa shape index (κ1) is 13.3. The first-order valence-electron chi connectivity index (χ1n) is 4.51. The molecule has 0 atom stereocenters. The maximum atomic E-state index is 8.72. The molecule has 6 heteroatoms. The third kappa shape index (κ3) is 4.89. The molecule has 0 radical (unpaired) electrons. The van der Waals surface area contributed by atoms with Crippen molar-refractivity contribution in [3.8, 4) is 0 Å². The fraction of sp³-hybridized carbons (Fsp3) is 1.00. The average Bonchev–Trinajstić information content (AvgIpc) is 2.20. The van der Waals surface area contributed by atoms with Gasteiger partial charge in [0, 0.05) is 27.4 Å². The van der Waals surface area contributed by atoms with Gasteiger partial charge in [-0.25, -0.2) is 0 Å². The highest BCUT2D eigenvalue weighted by molar-refractivity contribution is 6.60. The van der Waals surface area contributed by atoms with Crippen molar-refractivity contribution in [1.29, 1.82) is 0 Å². The molecule has 0 fully saturated rings. The van der Waals surface area contributed by atoms with E-state index in [1.165, 1.54) is 0 Å². The van der Waals surface area contributed by atoms with E-state index in [1.54, 1.807) is 21.3 Å². The maximum Gasteiger partial charge on any atom is 0.500 e. The Balaban J connectivity index is 3.68. The van der Waals surface area contributed by atoms with Gasteiger partial charge in [0.2, 0.25) is 0 Å². The van der Waals surface area contributed by atoms with Crippen molar-refractivity contribution >= 4 is 18.6 Å². The quantitative estimate of drug-likeness (QED) is 0.471. The van der Waals surface area contributed by atoms with E-state index in [9.17, 15) is 0 Å². The lowest BCUT2D eigenvalue weighted by atomic mass is 10.4. The van der Waals surface area contributed by atoms with Crippen molar-refractivity contribution in [2.24, 2.45) is 0 Å². The molecule has 0 aliphatic carbocycles. The number of hydrogen-bond acceptors (Lipinski definition) is 4. The molecule has 0 aliphatic rings. The van der Waals surface area contributed by atoms with E-state index in [-0.39, 0.29) is 0 Å². The third-order valence-electron chi connectivity index (χ3n) is 2.07. The Bertz CT molecular complexity index is 111. The summed E-state index contributed by atoms with van der Waals surface area (Å²) < 4.78 is 15.8. The normalized spacial score (nSPS) is 12.9. The average molecular weight is 224 g/mol. The molecule has 0 saturated heterocycles. The second kappa shape index (κ2) is 7.66. The summed E-state index contributed by atoms with van der Waals surface area (Å²) >= 11 is 0. The van der Waals surface area contributed by atoms with Crippen LogP contribution in [0.2, 0.25) is 12.1 Å². The fourth-order valence-corrected chi connectivity index (χ4v) is 3.56. The van der Waals surface area contributed by atoms with Crippen LogP contribution in [0.1, 0.15) is 12.8 Å². The Kier molecular flexibility index (Phi) is 7.82. The van der Waals surface area contributed by atoms with Crippen molar-refractivity contribution in [2.75, 3.05) is 21.3 Å². The van der Waals surface area contributed by atoms with E-state index in [4.69, 9.17) is 18.1 Å². The lowest BCUT2D eigenvalue weighted by Crippen LogP contribution is -2.42. The van der Waals surface area contributed by atoms with E-state index in [0.29, 0.717) is 0 Å². The minimum absolute atomic E-state index is 0.776. The Morgan fingerprint density at radius 2 is 1.62 bits per heavy atom. The summed E-state index contributed by atoms with van der Waals surface area (Å²) in [6, 6.07) is 1.81. The molecule has 0 heterocycles. The van der Waals surface area contributed by atoms with Crippen LogP contribution in [-0.2, 0) is 13.3 Å². The van der Waals surface area contributed by atoms with Crippen molar-refractivity contribution < 1.29 is 18.1 Å². The molecule has 0 unspecified atom stereocenters. The van der Waals surface area contributed by atoms with Gasteiger partial charge in [0.05, 0.1) is 0 Å². The smallest absolute Gasteiger partial charge is 0.438 e.